The standard InChI is InChI=1S/C17H24N2O2/c1-11-5-12(2)7-14(6-11)17(3-4-17)16(21)19-9-13-8-18-10-15(13)20/h5-7,13,15,18,20H,3-4,8-10H2,1-2H3,(H,19,21). The molecule has 1 saturated carbocycles. The van der Waals surface area contributed by atoms with E-state index in [1.54, 1.807) is 0 Å². The second-order valence-electron chi connectivity index (χ2n) is 6.65. The summed E-state index contributed by atoms with van der Waals surface area (Å²) < 4.78 is 0. The van der Waals surface area contributed by atoms with E-state index in [0.29, 0.717) is 13.1 Å². The quantitative estimate of drug-likeness (QED) is 0.775. The van der Waals surface area contributed by atoms with E-state index in [1.165, 1.54) is 11.1 Å². The van der Waals surface area contributed by atoms with Gasteiger partial charge in [0.15, 0.2) is 0 Å². The zero-order valence-corrected chi connectivity index (χ0v) is 12.8. The van der Waals surface area contributed by atoms with Gasteiger partial charge in [0, 0.05) is 25.6 Å². The summed E-state index contributed by atoms with van der Waals surface area (Å²) in [4.78, 5) is 12.6. The molecule has 2 unspecified atom stereocenters. The molecule has 21 heavy (non-hydrogen) atoms. The molecule has 1 aliphatic carbocycles. The summed E-state index contributed by atoms with van der Waals surface area (Å²) in [5, 5.41) is 16.0. The first-order chi connectivity index (χ1) is 10.0. The van der Waals surface area contributed by atoms with Crippen molar-refractivity contribution in [1.29, 1.82) is 0 Å². The van der Waals surface area contributed by atoms with Crippen molar-refractivity contribution < 1.29 is 9.90 Å². The molecule has 4 nitrogen and oxygen atoms in total. The molecule has 0 radical (unpaired) electrons. The van der Waals surface area contributed by atoms with Crippen LogP contribution in [0.5, 0.6) is 0 Å². The van der Waals surface area contributed by atoms with Crippen molar-refractivity contribution in [3.05, 3.63) is 34.9 Å². The van der Waals surface area contributed by atoms with Gasteiger partial charge in [-0.05, 0) is 32.3 Å². The number of nitrogens with one attached hydrogen (secondary N) is 2. The molecule has 3 N–H and O–H groups in total. The Morgan fingerprint density at radius 3 is 2.48 bits per heavy atom. The van der Waals surface area contributed by atoms with E-state index in [1.807, 2.05) is 0 Å². The molecule has 0 spiro atoms. The van der Waals surface area contributed by atoms with E-state index >= 15 is 0 Å². The Morgan fingerprint density at radius 1 is 1.29 bits per heavy atom. The number of aliphatic hydroxyl groups is 1. The molecule has 0 bridgehead atoms. The van der Waals surface area contributed by atoms with Crippen LogP contribution in [0.15, 0.2) is 18.2 Å². The van der Waals surface area contributed by atoms with Crippen molar-refractivity contribution in [3.63, 3.8) is 0 Å². The predicted octanol–water partition coefficient (Wildman–Crippen LogP) is 1.03. The predicted molar refractivity (Wildman–Crippen MR) is 82.2 cm³/mol. The van der Waals surface area contributed by atoms with Crippen LogP contribution >= 0.6 is 0 Å². The van der Waals surface area contributed by atoms with Crippen molar-refractivity contribution in [2.45, 2.75) is 38.2 Å². The highest BCUT2D eigenvalue weighted by molar-refractivity contribution is 5.91. The topological polar surface area (TPSA) is 61.4 Å². The van der Waals surface area contributed by atoms with Gasteiger partial charge in [0.1, 0.15) is 0 Å². The average Bonchev–Trinajstić information content (AvgIpc) is 3.14. The molecule has 1 heterocycles. The molecule has 2 fully saturated rings. The third-order valence-electron chi connectivity index (χ3n) is 4.79. The molecule has 1 amide bonds. The van der Waals surface area contributed by atoms with Crippen LogP contribution in [0.2, 0.25) is 0 Å². The third kappa shape index (κ3) is 2.83. The molecule has 3 rings (SSSR count). The van der Waals surface area contributed by atoms with Gasteiger partial charge in [-0.1, -0.05) is 29.3 Å². The van der Waals surface area contributed by atoms with Gasteiger partial charge in [-0.25, -0.2) is 0 Å². The fraction of sp³-hybridized carbons (Fsp3) is 0.588. The van der Waals surface area contributed by atoms with E-state index in [9.17, 15) is 9.90 Å². The molecule has 114 valence electrons. The van der Waals surface area contributed by atoms with Gasteiger partial charge in [0.25, 0.3) is 0 Å². The number of benzene rings is 1. The number of hydrogen-bond acceptors (Lipinski definition) is 3. The van der Waals surface area contributed by atoms with Gasteiger partial charge in [0.2, 0.25) is 5.91 Å². The lowest BCUT2D eigenvalue weighted by molar-refractivity contribution is -0.123. The van der Waals surface area contributed by atoms with Gasteiger partial charge in [0.05, 0.1) is 11.5 Å². The lowest BCUT2D eigenvalue weighted by Gasteiger charge is -2.20. The molecule has 2 aliphatic rings. The average molecular weight is 288 g/mol. The Balaban J connectivity index is 1.68. The van der Waals surface area contributed by atoms with Crippen LogP contribution in [0.1, 0.15) is 29.5 Å². The smallest absolute Gasteiger partial charge is 0.230 e. The first-order valence-electron chi connectivity index (χ1n) is 7.77. The number of carbonyl (C=O) groups excluding carboxylic acids is 1. The Labute approximate surface area is 125 Å². The molecule has 0 aromatic heterocycles. The number of β-amino-alcohol motifs (C(OH)–C–C–N with tert-alkyl or cyclic N) is 1. The second kappa shape index (κ2) is 5.43. The zero-order valence-electron chi connectivity index (χ0n) is 12.8. The minimum atomic E-state index is -0.346. The van der Waals surface area contributed by atoms with Gasteiger partial charge < -0.3 is 15.7 Å². The summed E-state index contributed by atoms with van der Waals surface area (Å²) in [6.45, 7) is 6.11. The monoisotopic (exact) mass is 288 g/mol. The number of hydrogen-bond donors (Lipinski definition) is 3. The number of aliphatic hydroxyl groups excluding tert-OH is 1. The van der Waals surface area contributed by atoms with Crippen LogP contribution in [0.4, 0.5) is 0 Å². The summed E-state index contributed by atoms with van der Waals surface area (Å²) in [7, 11) is 0. The van der Waals surface area contributed by atoms with Gasteiger partial charge in [-0.3, -0.25) is 4.79 Å². The summed E-state index contributed by atoms with van der Waals surface area (Å²) >= 11 is 0. The number of aryl methyl sites for hydroxylation is 2. The maximum absolute atomic E-state index is 12.6. The van der Waals surface area contributed by atoms with E-state index in [2.05, 4.69) is 42.7 Å². The van der Waals surface area contributed by atoms with E-state index < -0.39 is 0 Å². The highest BCUT2D eigenvalue weighted by Gasteiger charge is 2.51. The molecule has 1 aliphatic heterocycles. The normalized spacial score (nSPS) is 26.6. The molecule has 2 atom stereocenters. The summed E-state index contributed by atoms with van der Waals surface area (Å²) in [5.74, 6) is 0.246. The second-order valence-corrected chi connectivity index (χ2v) is 6.65. The van der Waals surface area contributed by atoms with Crippen LogP contribution in [-0.4, -0.2) is 36.8 Å². The highest BCUT2D eigenvalue weighted by atomic mass is 16.3. The molecule has 1 aromatic carbocycles. The number of rotatable bonds is 4. The maximum atomic E-state index is 12.6. The fourth-order valence-corrected chi connectivity index (χ4v) is 3.34. The maximum Gasteiger partial charge on any atom is 0.230 e. The lowest BCUT2D eigenvalue weighted by Crippen LogP contribution is -2.40. The van der Waals surface area contributed by atoms with Crippen LogP contribution in [-0.2, 0) is 10.2 Å². The Bertz CT molecular complexity index is 531. The third-order valence-corrected chi connectivity index (χ3v) is 4.79. The minimum Gasteiger partial charge on any atom is -0.391 e. The van der Waals surface area contributed by atoms with Crippen LogP contribution in [0.3, 0.4) is 0 Å². The van der Waals surface area contributed by atoms with E-state index in [-0.39, 0.29) is 23.3 Å². The molecule has 4 heteroatoms. The van der Waals surface area contributed by atoms with Gasteiger partial charge >= 0.3 is 0 Å². The summed E-state index contributed by atoms with van der Waals surface area (Å²) in [5.41, 5.74) is 3.23. The Kier molecular flexibility index (Phi) is 3.76. The zero-order chi connectivity index (χ0) is 15.0. The Morgan fingerprint density at radius 2 is 1.95 bits per heavy atom. The van der Waals surface area contributed by atoms with Crippen LogP contribution < -0.4 is 10.6 Å². The molecular formula is C17H24N2O2. The summed E-state index contributed by atoms with van der Waals surface area (Å²) in [6, 6.07) is 6.40. The van der Waals surface area contributed by atoms with E-state index in [0.717, 1.165) is 24.9 Å². The van der Waals surface area contributed by atoms with Gasteiger partial charge in [-0.2, -0.15) is 0 Å². The Hall–Kier alpha value is -1.39. The van der Waals surface area contributed by atoms with Crippen molar-refractivity contribution in [1.82, 2.24) is 10.6 Å². The lowest BCUT2D eigenvalue weighted by atomic mass is 9.91. The first kappa shape index (κ1) is 14.5. The van der Waals surface area contributed by atoms with Crippen LogP contribution in [0.25, 0.3) is 0 Å². The van der Waals surface area contributed by atoms with Crippen molar-refractivity contribution in [2.75, 3.05) is 19.6 Å². The van der Waals surface area contributed by atoms with Crippen LogP contribution in [0, 0.1) is 19.8 Å². The first-order valence-corrected chi connectivity index (χ1v) is 7.77. The fourth-order valence-electron chi connectivity index (χ4n) is 3.34. The van der Waals surface area contributed by atoms with Gasteiger partial charge in [-0.15, -0.1) is 0 Å². The number of carbonyl (C=O) groups is 1. The van der Waals surface area contributed by atoms with E-state index in [4.69, 9.17) is 0 Å². The van der Waals surface area contributed by atoms with Crippen molar-refractivity contribution >= 4 is 5.91 Å². The molecule has 1 aromatic rings. The number of amides is 1. The highest BCUT2D eigenvalue weighted by Crippen LogP contribution is 2.48. The van der Waals surface area contributed by atoms with Crippen molar-refractivity contribution in [2.24, 2.45) is 5.92 Å². The van der Waals surface area contributed by atoms with Crippen molar-refractivity contribution in [3.8, 4) is 0 Å². The summed E-state index contributed by atoms with van der Waals surface area (Å²) in [6.07, 6.45) is 1.50. The molecule has 1 saturated heterocycles. The minimum absolute atomic E-state index is 0.117. The SMILES string of the molecule is Cc1cc(C)cc(C2(C(=O)NCC3CNCC3O)CC2)c1. The largest absolute Gasteiger partial charge is 0.391 e. The molecular weight excluding hydrogens is 264 g/mol.